The van der Waals surface area contributed by atoms with Gasteiger partial charge in [-0.25, -0.2) is 0 Å². The maximum atomic E-state index is 12.1. The number of rotatable bonds is 3. The van der Waals surface area contributed by atoms with Gasteiger partial charge in [0.05, 0.1) is 11.9 Å². The quantitative estimate of drug-likeness (QED) is 0.887. The number of nitrogens with zero attached hydrogens (tertiary/aromatic N) is 2. The topological polar surface area (TPSA) is 72.9 Å². The molecule has 0 saturated heterocycles. The van der Waals surface area contributed by atoms with Gasteiger partial charge in [-0.15, -0.1) is 0 Å². The zero-order valence-corrected chi connectivity index (χ0v) is 13.4. The van der Waals surface area contributed by atoms with E-state index in [1.807, 2.05) is 13.0 Å². The van der Waals surface area contributed by atoms with Gasteiger partial charge in [-0.3, -0.25) is 9.48 Å². The van der Waals surface area contributed by atoms with Crippen molar-refractivity contribution in [3.05, 3.63) is 45.1 Å². The molecule has 2 rings (SSSR count). The fourth-order valence-electron chi connectivity index (χ4n) is 1.70. The van der Waals surface area contributed by atoms with Crippen LogP contribution in [0.5, 0.6) is 0 Å². The number of anilines is 1. The number of carbonyl (C=O) groups excluding carboxylic acids is 1. The molecule has 0 bridgehead atoms. The molecule has 2 aromatic rings. The molecule has 0 aliphatic heterocycles. The molecule has 7 heteroatoms. The molecule has 1 atom stereocenters. The van der Waals surface area contributed by atoms with Gasteiger partial charge in [-0.2, -0.15) is 5.10 Å². The molecule has 0 saturated carbocycles. The maximum absolute atomic E-state index is 12.1. The van der Waals surface area contributed by atoms with Gasteiger partial charge in [0, 0.05) is 28.3 Å². The standard InChI is InChI=1S/C13H14BrClN4O/c1-7-3-9(14)11(4-10(7)15)18-13(20)12(16)8-5-17-19(2)6-8/h3-6,12H,16H2,1-2H3,(H,18,20). The summed E-state index contributed by atoms with van der Waals surface area (Å²) in [5.74, 6) is -0.321. The van der Waals surface area contributed by atoms with E-state index in [2.05, 4.69) is 26.3 Å². The van der Waals surface area contributed by atoms with Crippen LogP contribution in [0.4, 0.5) is 5.69 Å². The van der Waals surface area contributed by atoms with Crippen LogP contribution in [0.1, 0.15) is 17.2 Å². The van der Waals surface area contributed by atoms with Crippen LogP contribution in [0.25, 0.3) is 0 Å². The minimum atomic E-state index is -0.782. The smallest absolute Gasteiger partial charge is 0.246 e. The number of carbonyl (C=O) groups is 1. The number of aromatic nitrogens is 2. The molecule has 1 unspecified atom stereocenters. The third-order valence-electron chi connectivity index (χ3n) is 2.87. The van der Waals surface area contributed by atoms with Gasteiger partial charge in [-0.1, -0.05) is 11.6 Å². The summed E-state index contributed by atoms with van der Waals surface area (Å²) in [7, 11) is 1.77. The highest BCUT2D eigenvalue weighted by atomic mass is 79.9. The van der Waals surface area contributed by atoms with E-state index in [0.717, 1.165) is 10.0 Å². The Balaban J connectivity index is 2.17. The number of nitrogens with two attached hydrogens (primary N) is 1. The number of nitrogens with one attached hydrogen (secondary N) is 1. The summed E-state index contributed by atoms with van der Waals surface area (Å²) in [6.07, 6.45) is 3.28. The van der Waals surface area contributed by atoms with Crippen molar-refractivity contribution in [3.63, 3.8) is 0 Å². The Morgan fingerprint density at radius 2 is 2.25 bits per heavy atom. The second-order valence-electron chi connectivity index (χ2n) is 4.50. The van der Waals surface area contributed by atoms with Crippen molar-refractivity contribution in [1.82, 2.24) is 9.78 Å². The lowest BCUT2D eigenvalue weighted by Gasteiger charge is -2.13. The van der Waals surface area contributed by atoms with Crippen LogP contribution >= 0.6 is 27.5 Å². The van der Waals surface area contributed by atoms with Crippen molar-refractivity contribution in [3.8, 4) is 0 Å². The Bertz CT molecular complexity index is 656. The van der Waals surface area contributed by atoms with Crippen molar-refractivity contribution in [1.29, 1.82) is 0 Å². The average molecular weight is 358 g/mol. The highest BCUT2D eigenvalue weighted by Crippen LogP contribution is 2.29. The molecule has 0 aliphatic carbocycles. The molecule has 0 fully saturated rings. The van der Waals surface area contributed by atoms with Gasteiger partial charge in [0.1, 0.15) is 6.04 Å². The molecule has 20 heavy (non-hydrogen) atoms. The van der Waals surface area contributed by atoms with Crippen molar-refractivity contribution in [2.75, 3.05) is 5.32 Å². The van der Waals surface area contributed by atoms with Crippen LogP contribution in [-0.2, 0) is 11.8 Å². The van der Waals surface area contributed by atoms with E-state index in [4.69, 9.17) is 17.3 Å². The summed E-state index contributed by atoms with van der Waals surface area (Å²) in [6.45, 7) is 1.89. The Kier molecular flexibility index (Phi) is 4.47. The third-order valence-corrected chi connectivity index (χ3v) is 3.94. The maximum Gasteiger partial charge on any atom is 0.246 e. The summed E-state index contributed by atoms with van der Waals surface area (Å²) in [6, 6.07) is 2.75. The molecule has 1 amide bonds. The first-order chi connectivity index (χ1) is 9.38. The van der Waals surface area contributed by atoms with E-state index in [-0.39, 0.29) is 5.91 Å². The summed E-state index contributed by atoms with van der Waals surface area (Å²) in [4.78, 5) is 12.1. The van der Waals surface area contributed by atoms with E-state index in [1.165, 1.54) is 0 Å². The van der Waals surface area contributed by atoms with E-state index in [1.54, 1.807) is 30.2 Å². The number of hydrogen-bond acceptors (Lipinski definition) is 3. The normalized spacial score (nSPS) is 12.2. The molecule has 0 radical (unpaired) electrons. The van der Waals surface area contributed by atoms with Crippen LogP contribution in [0.15, 0.2) is 29.0 Å². The van der Waals surface area contributed by atoms with Crippen LogP contribution in [0.2, 0.25) is 5.02 Å². The molecule has 3 N–H and O–H groups in total. The number of halogens is 2. The van der Waals surface area contributed by atoms with Gasteiger partial charge in [0.15, 0.2) is 0 Å². The molecule has 1 heterocycles. The second-order valence-corrected chi connectivity index (χ2v) is 5.76. The lowest BCUT2D eigenvalue weighted by Crippen LogP contribution is -2.27. The largest absolute Gasteiger partial charge is 0.323 e. The number of hydrogen-bond donors (Lipinski definition) is 2. The molecule has 106 valence electrons. The number of aryl methyl sites for hydroxylation is 2. The summed E-state index contributed by atoms with van der Waals surface area (Å²) in [5, 5.41) is 7.33. The van der Waals surface area contributed by atoms with Gasteiger partial charge in [0.25, 0.3) is 0 Å². The van der Waals surface area contributed by atoms with Crippen LogP contribution < -0.4 is 11.1 Å². The van der Waals surface area contributed by atoms with Crippen LogP contribution in [-0.4, -0.2) is 15.7 Å². The van der Waals surface area contributed by atoms with E-state index < -0.39 is 6.04 Å². The number of benzene rings is 1. The zero-order valence-electron chi connectivity index (χ0n) is 11.0. The molecule has 1 aromatic heterocycles. The Morgan fingerprint density at radius 1 is 1.55 bits per heavy atom. The van der Waals surface area contributed by atoms with Gasteiger partial charge >= 0.3 is 0 Å². The fourth-order valence-corrected chi connectivity index (χ4v) is 2.43. The predicted octanol–water partition coefficient (Wildman–Crippen LogP) is 2.78. The SMILES string of the molecule is Cc1cc(Br)c(NC(=O)C(N)c2cnn(C)c2)cc1Cl. The first-order valence-electron chi connectivity index (χ1n) is 5.89. The van der Waals surface area contributed by atoms with Gasteiger partial charge in [-0.05, 0) is 40.5 Å². The minimum Gasteiger partial charge on any atom is -0.323 e. The summed E-state index contributed by atoms with van der Waals surface area (Å²) >= 11 is 9.44. The molecule has 5 nitrogen and oxygen atoms in total. The third kappa shape index (κ3) is 3.20. The summed E-state index contributed by atoms with van der Waals surface area (Å²) in [5.41, 5.74) is 8.07. The highest BCUT2D eigenvalue weighted by molar-refractivity contribution is 9.10. The van der Waals surface area contributed by atoms with E-state index >= 15 is 0 Å². The van der Waals surface area contributed by atoms with E-state index in [0.29, 0.717) is 16.3 Å². The van der Waals surface area contributed by atoms with Gasteiger partial charge < -0.3 is 11.1 Å². The minimum absolute atomic E-state index is 0.321. The van der Waals surface area contributed by atoms with Crippen molar-refractivity contribution in [2.45, 2.75) is 13.0 Å². The fraction of sp³-hybridized carbons (Fsp3) is 0.231. The lowest BCUT2D eigenvalue weighted by molar-refractivity contribution is -0.117. The van der Waals surface area contributed by atoms with Gasteiger partial charge in [0.2, 0.25) is 5.91 Å². The van der Waals surface area contributed by atoms with Crippen molar-refractivity contribution < 1.29 is 4.79 Å². The van der Waals surface area contributed by atoms with E-state index in [9.17, 15) is 4.79 Å². The van der Waals surface area contributed by atoms with Crippen LogP contribution in [0.3, 0.4) is 0 Å². The Labute approximate surface area is 130 Å². The molecular formula is C13H14BrClN4O. The Hall–Kier alpha value is -1.37. The summed E-state index contributed by atoms with van der Waals surface area (Å²) < 4.78 is 2.35. The van der Waals surface area contributed by atoms with Crippen LogP contribution in [0, 0.1) is 6.92 Å². The molecule has 0 aliphatic rings. The average Bonchev–Trinajstić information content (AvgIpc) is 2.81. The zero-order chi connectivity index (χ0) is 14.9. The highest BCUT2D eigenvalue weighted by Gasteiger charge is 2.18. The molecule has 0 spiro atoms. The second kappa shape index (κ2) is 5.95. The predicted molar refractivity (Wildman–Crippen MR) is 82.7 cm³/mol. The molecular weight excluding hydrogens is 344 g/mol. The Morgan fingerprint density at radius 3 is 2.85 bits per heavy atom. The first kappa shape index (κ1) is 15.0. The first-order valence-corrected chi connectivity index (χ1v) is 7.06. The monoisotopic (exact) mass is 356 g/mol. The van der Waals surface area contributed by atoms with Crippen molar-refractivity contribution in [2.24, 2.45) is 12.8 Å². The molecule has 1 aromatic carbocycles. The lowest BCUT2D eigenvalue weighted by atomic mass is 10.1. The van der Waals surface area contributed by atoms with Crippen molar-refractivity contribution >= 4 is 39.1 Å². The number of amides is 1.